The van der Waals surface area contributed by atoms with Crippen LogP contribution in [-0.4, -0.2) is 43.4 Å². The Morgan fingerprint density at radius 1 is 1.09 bits per heavy atom. The first-order valence-electron chi connectivity index (χ1n) is 17.9. The molecule has 1 aromatic carbocycles. The molecule has 1 aromatic rings. The summed E-state index contributed by atoms with van der Waals surface area (Å²) in [7, 11) is -3.95. The van der Waals surface area contributed by atoms with Crippen molar-refractivity contribution in [3.63, 3.8) is 0 Å². The minimum atomic E-state index is -3.95. The van der Waals surface area contributed by atoms with Gasteiger partial charge in [-0.05, 0) is 121 Å². The number of aliphatic hydroxyl groups is 2. The number of hydrogen-bond acceptors (Lipinski definition) is 5. The Morgan fingerprint density at radius 2 is 1.78 bits per heavy atom. The zero-order chi connectivity index (χ0) is 33.2. The minimum absolute atomic E-state index is 0.0775. The van der Waals surface area contributed by atoms with Gasteiger partial charge < -0.3 is 15.5 Å². The van der Waals surface area contributed by atoms with Crippen LogP contribution in [-0.2, 0) is 15.4 Å². The molecule has 256 valence electrons. The lowest BCUT2D eigenvalue weighted by Crippen LogP contribution is -2.53. The number of fused-ring (bicyclic) bond motifs is 3. The average molecular weight is 647 g/mol. The molecule has 3 aliphatic carbocycles. The minimum Gasteiger partial charge on any atom is -0.393 e. The molecular weight excluding hydrogens is 584 g/mol. The molecule has 0 radical (unpaired) electrons. The topological polar surface area (TPSA) is 116 Å². The zero-order valence-electron chi connectivity index (χ0n) is 29.0. The Kier molecular flexibility index (Phi) is 11.8. The summed E-state index contributed by atoms with van der Waals surface area (Å²) < 4.78 is 27.8. The van der Waals surface area contributed by atoms with E-state index in [1.807, 2.05) is 0 Å². The van der Waals surface area contributed by atoms with Crippen LogP contribution < -0.4 is 10.0 Å². The number of urea groups is 1. The van der Waals surface area contributed by atoms with E-state index in [0.29, 0.717) is 42.1 Å². The van der Waals surface area contributed by atoms with Gasteiger partial charge in [-0.25, -0.2) is 17.9 Å². The number of benzene rings is 1. The molecule has 0 heterocycles. The normalized spacial score (nSPS) is 33.1. The number of hydrogen-bond donors (Lipinski definition) is 4. The molecule has 7 nitrogen and oxygen atoms in total. The van der Waals surface area contributed by atoms with Crippen LogP contribution in [0.15, 0.2) is 29.2 Å². The zero-order valence-corrected chi connectivity index (χ0v) is 29.8. The van der Waals surface area contributed by atoms with Crippen molar-refractivity contribution in [1.29, 1.82) is 0 Å². The van der Waals surface area contributed by atoms with Gasteiger partial charge in [-0.15, -0.1) is 0 Å². The SMILES string of the molecule is CCCC[C@@H](O)CC1C[C@H]2CCC3(C)C([C@H](C)CCNC(=O)NS(=O)(=O)c4ccc(C(C)(C)C)cc4)CC[C@H]3[C@@H]2[C@H](O)[C@@H]1CC. The van der Waals surface area contributed by atoms with Gasteiger partial charge in [-0.2, -0.15) is 0 Å². The number of unbranched alkanes of at least 4 members (excludes halogenated alkanes) is 1. The van der Waals surface area contributed by atoms with Crippen molar-refractivity contribution in [2.45, 2.75) is 142 Å². The molecule has 3 unspecified atom stereocenters. The van der Waals surface area contributed by atoms with Gasteiger partial charge in [-0.3, -0.25) is 0 Å². The van der Waals surface area contributed by atoms with Crippen LogP contribution >= 0.6 is 0 Å². The molecule has 0 aliphatic heterocycles. The first-order valence-corrected chi connectivity index (χ1v) is 19.4. The maximum absolute atomic E-state index is 12.8. The number of aliphatic hydroxyl groups excluding tert-OH is 2. The third-order valence-electron chi connectivity index (χ3n) is 12.4. The predicted molar refractivity (Wildman–Crippen MR) is 181 cm³/mol. The van der Waals surface area contributed by atoms with Gasteiger partial charge in [0.05, 0.1) is 17.1 Å². The molecule has 4 N–H and O–H groups in total. The monoisotopic (exact) mass is 646 g/mol. The fourth-order valence-electron chi connectivity index (χ4n) is 9.89. The second kappa shape index (κ2) is 14.6. The summed E-state index contributed by atoms with van der Waals surface area (Å²) in [4.78, 5) is 12.7. The maximum atomic E-state index is 12.8. The molecule has 10 atom stereocenters. The number of carbonyl (C=O) groups is 1. The smallest absolute Gasteiger partial charge is 0.328 e. The van der Waals surface area contributed by atoms with Crippen molar-refractivity contribution in [3.8, 4) is 0 Å². The molecular formula is C37H62N2O5S. The fraction of sp³-hybridized carbons (Fsp3) is 0.811. The van der Waals surface area contributed by atoms with Crippen LogP contribution in [0.4, 0.5) is 4.79 Å². The molecule has 3 saturated carbocycles. The van der Waals surface area contributed by atoms with Crippen molar-refractivity contribution < 1.29 is 23.4 Å². The van der Waals surface area contributed by atoms with E-state index in [0.717, 1.165) is 69.8 Å². The number of carbonyl (C=O) groups excluding carboxylic acids is 1. The van der Waals surface area contributed by atoms with Gasteiger partial charge in [0.25, 0.3) is 10.0 Å². The summed E-state index contributed by atoms with van der Waals surface area (Å²) >= 11 is 0. The first-order chi connectivity index (χ1) is 21.1. The second-order valence-electron chi connectivity index (χ2n) is 16.2. The molecule has 8 heteroatoms. The maximum Gasteiger partial charge on any atom is 0.328 e. The Balaban J connectivity index is 1.31. The van der Waals surface area contributed by atoms with E-state index in [9.17, 15) is 23.4 Å². The molecule has 0 bridgehead atoms. The standard InChI is InChI=1S/C37H62N2O5S/c1-8-10-11-28(40)23-26-22-25-18-20-37(7)31(16-17-32(37)33(25)34(41)30(26)9-2)24(3)19-21-38-35(42)39-45(43,44)29-14-12-27(13-15-29)36(4,5)6/h12-15,24-26,28,30-34,40-41H,8-11,16-23H2,1-7H3,(H2,38,39,42)/t24-,25-,26?,28-,30-,31?,32+,33-,34-,37?/m1/s1. The van der Waals surface area contributed by atoms with Gasteiger partial charge in [0.2, 0.25) is 0 Å². The van der Waals surface area contributed by atoms with E-state index < -0.39 is 16.1 Å². The molecule has 3 fully saturated rings. The van der Waals surface area contributed by atoms with Crippen molar-refractivity contribution in [2.24, 2.45) is 46.8 Å². The van der Waals surface area contributed by atoms with E-state index in [2.05, 4.69) is 58.5 Å². The number of nitrogens with one attached hydrogen (secondary N) is 2. The lowest BCUT2D eigenvalue weighted by Gasteiger charge is -2.56. The van der Waals surface area contributed by atoms with Gasteiger partial charge in [0.1, 0.15) is 0 Å². The van der Waals surface area contributed by atoms with Gasteiger partial charge >= 0.3 is 6.03 Å². The molecule has 3 aliphatic rings. The third-order valence-corrected chi connectivity index (χ3v) is 13.7. The van der Waals surface area contributed by atoms with Crippen LogP contribution in [0, 0.1) is 46.8 Å². The lowest BCUT2D eigenvalue weighted by molar-refractivity contribution is -0.129. The summed E-state index contributed by atoms with van der Waals surface area (Å²) in [6, 6.07) is 6.00. The number of sulfonamides is 1. The summed E-state index contributed by atoms with van der Waals surface area (Å²) in [5.74, 6) is 2.93. The van der Waals surface area contributed by atoms with Crippen molar-refractivity contribution in [2.75, 3.05) is 6.54 Å². The Labute approximate surface area is 273 Å². The van der Waals surface area contributed by atoms with E-state index in [4.69, 9.17) is 0 Å². The Hall–Kier alpha value is -1.64. The predicted octanol–water partition coefficient (Wildman–Crippen LogP) is 7.41. The third kappa shape index (κ3) is 8.09. The largest absolute Gasteiger partial charge is 0.393 e. The molecule has 0 saturated heterocycles. The van der Waals surface area contributed by atoms with Gasteiger partial charge in [-0.1, -0.05) is 79.9 Å². The summed E-state index contributed by atoms with van der Waals surface area (Å²) in [6.45, 7) is 15.7. The van der Waals surface area contributed by atoms with E-state index in [1.54, 1.807) is 24.3 Å². The van der Waals surface area contributed by atoms with Gasteiger partial charge in [0, 0.05) is 6.54 Å². The highest BCUT2D eigenvalue weighted by atomic mass is 32.2. The molecule has 0 aromatic heterocycles. The van der Waals surface area contributed by atoms with Crippen molar-refractivity contribution >= 4 is 16.1 Å². The second-order valence-corrected chi connectivity index (χ2v) is 17.8. The molecule has 0 spiro atoms. The Morgan fingerprint density at radius 3 is 2.40 bits per heavy atom. The first kappa shape index (κ1) is 36.2. The summed E-state index contributed by atoms with van der Waals surface area (Å²) in [5.41, 5.74) is 1.11. The van der Waals surface area contributed by atoms with Crippen LogP contribution in [0.2, 0.25) is 0 Å². The molecule has 4 rings (SSSR count). The van der Waals surface area contributed by atoms with Crippen molar-refractivity contribution in [1.82, 2.24) is 10.0 Å². The van der Waals surface area contributed by atoms with E-state index in [-0.39, 0.29) is 33.9 Å². The van der Waals surface area contributed by atoms with Crippen LogP contribution in [0.5, 0.6) is 0 Å². The van der Waals surface area contributed by atoms with Crippen molar-refractivity contribution in [3.05, 3.63) is 29.8 Å². The van der Waals surface area contributed by atoms with Gasteiger partial charge in [0.15, 0.2) is 0 Å². The quantitative estimate of drug-likeness (QED) is 0.189. The summed E-state index contributed by atoms with van der Waals surface area (Å²) in [5, 5.41) is 25.4. The highest BCUT2D eigenvalue weighted by Gasteiger charge is 2.59. The van der Waals surface area contributed by atoms with E-state index >= 15 is 0 Å². The summed E-state index contributed by atoms with van der Waals surface area (Å²) in [6.07, 6.45) is 10.8. The van der Waals surface area contributed by atoms with Crippen LogP contribution in [0.25, 0.3) is 0 Å². The highest BCUT2D eigenvalue weighted by Crippen LogP contribution is 2.64. The molecule has 2 amide bonds. The number of amides is 2. The van der Waals surface area contributed by atoms with E-state index in [1.165, 1.54) is 6.42 Å². The lowest BCUT2D eigenvalue weighted by atomic mass is 9.50. The fourth-order valence-corrected chi connectivity index (χ4v) is 10.8. The van der Waals surface area contributed by atoms with Crippen LogP contribution in [0.3, 0.4) is 0 Å². The highest BCUT2D eigenvalue weighted by molar-refractivity contribution is 7.90. The molecule has 45 heavy (non-hydrogen) atoms. The number of rotatable bonds is 12. The Bertz CT molecular complexity index is 1230. The average Bonchev–Trinajstić information content (AvgIpc) is 3.32. The van der Waals surface area contributed by atoms with Crippen LogP contribution in [0.1, 0.15) is 125 Å².